The lowest BCUT2D eigenvalue weighted by molar-refractivity contribution is -0.113. The molecule has 3 rings (SSSR count). The molecule has 0 atom stereocenters. The van der Waals surface area contributed by atoms with Gasteiger partial charge in [0.25, 0.3) is 0 Å². The molecule has 0 spiro atoms. The van der Waals surface area contributed by atoms with Gasteiger partial charge in [-0.25, -0.2) is 4.98 Å². The average Bonchev–Trinajstić information content (AvgIpc) is 3.21. The summed E-state index contributed by atoms with van der Waals surface area (Å²) in [5.41, 5.74) is 0.902. The number of imidazole rings is 1. The molecule has 0 saturated heterocycles. The third-order valence-corrected chi connectivity index (χ3v) is 5.23. The van der Waals surface area contributed by atoms with Gasteiger partial charge in [0.2, 0.25) is 11.0 Å². The highest BCUT2D eigenvalue weighted by molar-refractivity contribution is 7.99. The molecule has 0 aliphatic carbocycles. The summed E-state index contributed by atoms with van der Waals surface area (Å²) in [6.45, 7) is 2.00. The second-order valence-electron chi connectivity index (χ2n) is 4.75. The topological polar surface area (TPSA) is 72.7 Å². The highest BCUT2D eigenvalue weighted by Crippen LogP contribution is 2.23. The van der Waals surface area contributed by atoms with Crippen LogP contribution in [0.4, 0.5) is 5.13 Å². The van der Waals surface area contributed by atoms with Crippen LogP contribution in [0.15, 0.2) is 41.8 Å². The molecule has 9 heteroatoms. The van der Waals surface area contributed by atoms with E-state index in [2.05, 4.69) is 20.5 Å². The van der Waals surface area contributed by atoms with E-state index in [1.54, 1.807) is 6.20 Å². The normalized spacial score (nSPS) is 10.8. The van der Waals surface area contributed by atoms with Gasteiger partial charge in [0.05, 0.1) is 5.75 Å². The first kappa shape index (κ1) is 16.9. The van der Waals surface area contributed by atoms with E-state index in [0.29, 0.717) is 10.2 Å². The predicted molar refractivity (Wildman–Crippen MR) is 97.2 cm³/mol. The quantitative estimate of drug-likeness (QED) is 0.661. The zero-order valence-electron chi connectivity index (χ0n) is 12.8. The minimum Gasteiger partial charge on any atom is -0.300 e. The molecule has 0 unspecified atom stereocenters. The predicted octanol–water partition coefficient (Wildman–Crippen LogP) is 3.67. The first-order chi connectivity index (χ1) is 11.7. The van der Waals surface area contributed by atoms with Crippen molar-refractivity contribution in [2.45, 2.75) is 18.5 Å². The fourth-order valence-corrected chi connectivity index (χ4v) is 3.60. The van der Waals surface area contributed by atoms with E-state index < -0.39 is 0 Å². The maximum Gasteiger partial charge on any atom is 0.236 e. The minimum atomic E-state index is -0.139. The van der Waals surface area contributed by atoms with Crippen LogP contribution in [0, 0.1) is 0 Å². The molecule has 2 heterocycles. The summed E-state index contributed by atoms with van der Waals surface area (Å²) < 4.78 is 1.89. The van der Waals surface area contributed by atoms with E-state index in [1.807, 2.05) is 42.0 Å². The molecule has 124 valence electrons. The number of hydrogen-bond acceptors (Lipinski definition) is 6. The van der Waals surface area contributed by atoms with Crippen molar-refractivity contribution in [2.24, 2.45) is 0 Å². The molecule has 0 bridgehead atoms. The van der Waals surface area contributed by atoms with Crippen LogP contribution in [0.2, 0.25) is 5.02 Å². The lowest BCUT2D eigenvalue weighted by Gasteiger charge is -2.07. The molecule has 24 heavy (non-hydrogen) atoms. The van der Waals surface area contributed by atoms with E-state index in [-0.39, 0.29) is 11.7 Å². The highest BCUT2D eigenvalue weighted by Gasteiger charge is 2.11. The van der Waals surface area contributed by atoms with Gasteiger partial charge in [-0.3, -0.25) is 14.7 Å². The third-order valence-electron chi connectivity index (χ3n) is 3.04. The molecule has 0 fully saturated rings. The summed E-state index contributed by atoms with van der Waals surface area (Å²) in [6.07, 6.45) is 4.34. The maximum absolute atomic E-state index is 12.1. The van der Waals surface area contributed by atoms with Crippen LogP contribution in [-0.2, 0) is 11.2 Å². The number of hydrogen-bond donors (Lipinski definition) is 1. The van der Waals surface area contributed by atoms with Crippen molar-refractivity contribution in [2.75, 3.05) is 11.1 Å². The SMILES string of the molecule is CCc1nnc(NC(=O)CSc2nccn2-c2cccc(Cl)c2)s1. The zero-order valence-corrected chi connectivity index (χ0v) is 15.2. The number of aromatic nitrogens is 4. The van der Waals surface area contributed by atoms with Gasteiger partial charge in [0.15, 0.2) is 5.16 Å². The maximum atomic E-state index is 12.1. The molecule has 3 aromatic rings. The molecule has 1 aromatic carbocycles. The number of nitrogens with one attached hydrogen (secondary N) is 1. The van der Waals surface area contributed by atoms with Gasteiger partial charge in [-0.1, -0.05) is 47.7 Å². The minimum absolute atomic E-state index is 0.139. The fourth-order valence-electron chi connectivity index (χ4n) is 1.95. The van der Waals surface area contributed by atoms with Crippen LogP contribution in [0.25, 0.3) is 5.69 Å². The van der Waals surface area contributed by atoms with Gasteiger partial charge in [0.1, 0.15) is 5.01 Å². The summed E-state index contributed by atoms with van der Waals surface area (Å²) in [4.78, 5) is 16.4. The van der Waals surface area contributed by atoms with E-state index in [9.17, 15) is 4.79 Å². The van der Waals surface area contributed by atoms with E-state index in [0.717, 1.165) is 22.3 Å². The number of carbonyl (C=O) groups is 1. The molecule has 1 N–H and O–H groups in total. The molecule has 0 aliphatic heterocycles. The zero-order chi connectivity index (χ0) is 16.9. The molecule has 0 saturated carbocycles. The second-order valence-corrected chi connectivity index (χ2v) is 7.19. The van der Waals surface area contributed by atoms with Crippen molar-refractivity contribution in [3.05, 3.63) is 46.7 Å². The van der Waals surface area contributed by atoms with Gasteiger partial charge in [-0.15, -0.1) is 10.2 Å². The summed E-state index contributed by atoms with van der Waals surface area (Å²) in [6, 6.07) is 7.47. The number of benzene rings is 1. The fraction of sp³-hybridized carbons (Fsp3) is 0.200. The average molecular weight is 380 g/mol. The Morgan fingerprint density at radius 3 is 3.04 bits per heavy atom. The second kappa shape index (κ2) is 7.78. The van der Waals surface area contributed by atoms with E-state index >= 15 is 0 Å². The van der Waals surface area contributed by atoms with Crippen LogP contribution in [-0.4, -0.2) is 31.4 Å². The molecule has 1 amide bonds. The van der Waals surface area contributed by atoms with Crippen molar-refractivity contribution < 1.29 is 4.79 Å². The summed E-state index contributed by atoms with van der Waals surface area (Å²) in [5, 5.41) is 13.5. The standard InChI is InChI=1S/C15H14ClN5OS2/c1-2-13-19-20-14(24-13)18-12(22)9-23-15-17-6-7-21(15)11-5-3-4-10(16)8-11/h3-8H,2,9H2,1H3,(H,18,20,22). The summed E-state index contributed by atoms with van der Waals surface area (Å²) >= 11 is 8.76. The molecule has 0 aliphatic rings. The Morgan fingerprint density at radius 1 is 1.42 bits per heavy atom. The number of rotatable bonds is 6. The monoisotopic (exact) mass is 379 g/mol. The van der Waals surface area contributed by atoms with Crippen molar-refractivity contribution in [1.29, 1.82) is 0 Å². The molecule has 2 aromatic heterocycles. The largest absolute Gasteiger partial charge is 0.300 e. The van der Waals surface area contributed by atoms with E-state index in [1.165, 1.54) is 23.1 Å². The Kier molecular flexibility index (Phi) is 5.49. The van der Waals surface area contributed by atoms with Crippen LogP contribution < -0.4 is 5.32 Å². The van der Waals surface area contributed by atoms with E-state index in [4.69, 9.17) is 11.6 Å². The summed E-state index contributed by atoms with van der Waals surface area (Å²) in [5.74, 6) is 0.0953. The third kappa shape index (κ3) is 4.14. The highest BCUT2D eigenvalue weighted by atomic mass is 35.5. The van der Waals surface area contributed by atoms with Gasteiger partial charge in [0, 0.05) is 23.1 Å². The first-order valence-corrected chi connectivity index (χ1v) is 9.38. The van der Waals surface area contributed by atoms with Crippen LogP contribution >= 0.6 is 34.7 Å². The summed E-state index contributed by atoms with van der Waals surface area (Å²) in [7, 11) is 0. The van der Waals surface area contributed by atoms with Gasteiger partial charge < -0.3 is 0 Å². The number of carbonyl (C=O) groups excluding carboxylic acids is 1. The number of thioether (sulfide) groups is 1. The number of amides is 1. The molecule has 6 nitrogen and oxygen atoms in total. The number of nitrogens with zero attached hydrogens (tertiary/aromatic N) is 4. The van der Waals surface area contributed by atoms with Gasteiger partial charge in [-0.05, 0) is 24.6 Å². The molecular weight excluding hydrogens is 366 g/mol. The van der Waals surface area contributed by atoms with Gasteiger partial charge in [-0.2, -0.15) is 0 Å². The Labute approximate surface area is 152 Å². The molecular formula is C15H14ClN5OS2. The first-order valence-electron chi connectivity index (χ1n) is 7.20. The molecule has 0 radical (unpaired) electrons. The van der Waals surface area contributed by atoms with Crippen molar-refractivity contribution >= 4 is 45.7 Å². The van der Waals surface area contributed by atoms with Crippen LogP contribution in [0.5, 0.6) is 0 Å². The Hall–Kier alpha value is -1.90. The van der Waals surface area contributed by atoms with Crippen molar-refractivity contribution in [3.8, 4) is 5.69 Å². The number of anilines is 1. The lowest BCUT2D eigenvalue weighted by atomic mass is 10.3. The Balaban J connectivity index is 1.63. The van der Waals surface area contributed by atoms with Crippen LogP contribution in [0.3, 0.4) is 0 Å². The lowest BCUT2D eigenvalue weighted by Crippen LogP contribution is -2.14. The van der Waals surface area contributed by atoms with Gasteiger partial charge >= 0.3 is 0 Å². The Bertz CT molecular complexity index is 848. The van der Waals surface area contributed by atoms with Crippen molar-refractivity contribution in [1.82, 2.24) is 19.7 Å². The smallest absolute Gasteiger partial charge is 0.236 e. The number of aryl methyl sites for hydroxylation is 1. The van der Waals surface area contributed by atoms with Crippen LogP contribution in [0.1, 0.15) is 11.9 Å². The number of halogens is 1. The van der Waals surface area contributed by atoms with Crippen molar-refractivity contribution in [3.63, 3.8) is 0 Å². The Morgan fingerprint density at radius 2 is 2.29 bits per heavy atom.